The van der Waals surface area contributed by atoms with Gasteiger partial charge in [-0.15, -0.1) is 13.2 Å². The van der Waals surface area contributed by atoms with Crippen molar-refractivity contribution in [2.75, 3.05) is 44.2 Å². The standard InChI is InChI=1S/C25H27ClN4O3S2/c1-4-12-30(13-5-2)35(32,33)20-8-6-19(7-9-20)24(31)28-14-16-29(17-15-28)25-27-23-18(3)21(26)10-11-22(23)34-25/h4-11H,1-2,12-17H2,3H3. The zero-order valence-electron chi connectivity index (χ0n) is 19.5. The summed E-state index contributed by atoms with van der Waals surface area (Å²) in [6.45, 7) is 12.0. The number of rotatable bonds is 8. The number of hydrogen-bond acceptors (Lipinski definition) is 6. The maximum absolute atomic E-state index is 13.1. The Balaban J connectivity index is 1.43. The second-order valence-corrected chi connectivity index (χ2v) is 11.6. The van der Waals surface area contributed by atoms with Gasteiger partial charge in [-0.3, -0.25) is 4.79 Å². The summed E-state index contributed by atoms with van der Waals surface area (Å²) in [5.41, 5.74) is 2.36. The average molecular weight is 531 g/mol. The molecule has 1 saturated heterocycles. The minimum absolute atomic E-state index is 0.116. The molecule has 1 aromatic heterocycles. The molecule has 0 spiro atoms. The van der Waals surface area contributed by atoms with Crippen LogP contribution >= 0.6 is 22.9 Å². The summed E-state index contributed by atoms with van der Waals surface area (Å²) in [4.78, 5) is 21.9. The predicted octanol–water partition coefficient (Wildman–Crippen LogP) is 4.58. The summed E-state index contributed by atoms with van der Waals surface area (Å²) >= 11 is 7.86. The third kappa shape index (κ3) is 5.13. The largest absolute Gasteiger partial charge is 0.345 e. The number of anilines is 1. The Hall–Kier alpha value is -2.72. The van der Waals surface area contributed by atoms with Crippen LogP contribution in [0.5, 0.6) is 0 Å². The Kier molecular flexibility index (Phi) is 7.61. The molecule has 0 aliphatic carbocycles. The number of carbonyl (C=O) groups is 1. The number of benzene rings is 2. The zero-order valence-corrected chi connectivity index (χ0v) is 21.9. The van der Waals surface area contributed by atoms with Gasteiger partial charge in [-0.1, -0.05) is 35.1 Å². The predicted molar refractivity (Wildman–Crippen MR) is 143 cm³/mol. The minimum atomic E-state index is -3.70. The molecule has 3 aromatic rings. The van der Waals surface area contributed by atoms with Crippen LogP contribution in [0.1, 0.15) is 15.9 Å². The van der Waals surface area contributed by atoms with Crippen molar-refractivity contribution in [3.63, 3.8) is 0 Å². The van der Waals surface area contributed by atoms with Gasteiger partial charge in [-0.05, 0) is 48.9 Å². The molecule has 4 rings (SSSR count). The average Bonchev–Trinajstić information content (AvgIpc) is 3.31. The number of carbonyl (C=O) groups excluding carboxylic acids is 1. The van der Waals surface area contributed by atoms with Gasteiger partial charge in [0.1, 0.15) is 0 Å². The van der Waals surface area contributed by atoms with Gasteiger partial charge in [-0.2, -0.15) is 4.31 Å². The summed E-state index contributed by atoms with van der Waals surface area (Å²) in [5.74, 6) is -0.116. The summed E-state index contributed by atoms with van der Waals surface area (Å²) < 4.78 is 28.1. The first-order valence-electron chi connectivity index (χ1n) is 11.2. The Labute approximate surface area is 215 Å². The number of thiazole rings is 1. The fraction of sp³-hybridized carbons (Fsp3) is 0.280. The molecule has 35 heavy (non-hydrogen) atoms. The maximum Gasteiger partial charge on any atom is 0.253 e. The SMILES string of the molecule is C=CCN(CC=C)S(=O)(=O)c1ccc(C(=O)N2CCN(c3nc4c(C)c(Cl)ccc4s3)CC2)cc1. The van der Waals surface area contributed by atoms with E-state index in [1.54, 1.807) is 28.4 Å². The molecule has 1 aliphatic heterocycles. The molecule has 10 heteroatoms. The molecular formula is C25H27ClN4O3S2. The number of nitrogens with zero attached hydrogens (tertiary/aromatic N) is 4. The van der Waals surface area contributed by atoms with Crippen molar-refractivity contribution in [2.24, 2.45) is 0 Å². The van der Waals surface area contributed by atoms with Crippen molar-refractivity contribution in [3.8, 4) is 0 Å². The molecule has 1 fully saturated rings. The van der Waals surface area contributed by atoms with E-state index in [1.165, 1.54) is 28.6 Å². The number of aromatic nitrogens is 1. The lowest BCUT2D eigenvalue weighted by Crippen LogP contribution is -2.48. The fourth-order valence-corrected chi connectivity index (χ4v) is 6.60. The van der Waals surface area contributed by atoms with Crippen molar-refractivity contribution in [2.45, 2.75) is 11.8 Å². The first-order chi connectivity index (χ1) is 16.8. The highest BCUT2D eigenvalue weighted by atomic mass is 35.5. The van der Waals surface area contributed by atoms with Crippen LogP contribution in [0.4, 0.5) is 5.13 Å². The third-order valence-corrected chi connectivity index (χ3v) is 9.32. The lowest BCUT2D eigenvalue weighted by Gasteiger charge is -2.34. The first-order valence-corrected chi connectivity index (χ1v) is 13.8. The van der Waals surface area contributed by atoms with Gasteiger partial charge in [0.05, 0.1) is 15.1 Å². The zero-order chi connectivity index (χ0) is 25.2. The second-order valence-electron chi connectivity index (χ2n) is 8.22. The number of halogens is 1. The van der Waals surface area contributed by atoms with Gasteiger partial charge >= 0.3 is 0 Å². The number of hydrogen-bond donors (Lipinski definition) is 0. The number of piperazine rings is 1. The Morgan fingerprint density at radius 3 is 2.31 bits per heavy atom. The van der Waals surface area contributed by atoms with E-state index in [9.17, 15) is 13.2 Å². The van der Waals surface area contributed by atoms with Gasteiger partial charge in [0.15, 0.2) is 5.13 Å². The minimum Gasteiger partial charge on any atom is -0.345 e. The van der Waals surface area contributed by atoms with Crippen LogP contribution in [0.15, 0.2) is 66.6 Å². The van der Waals surface area contributed by atoms with Crippen LogP contribution in [-0.4, -0.2) is 67.8 Å². The number of fused-ring (bicyclic) bond motifs is 1. The molecule has 1 aliphatic rings. The Bertz CT molecular complexity index is 1350. The molecule has 184 valence electrons. The van der Waals surface area contributed by atoms with Crippen molar-refractivity contribution < 1.29 is 13.2 Å². The van der Waals surface area contributed by atoms with Gasteiger partial charge in [0.2, 0.25) is 10.0 Å². The fourth-order valence-electron chi connectivity index (χ4n) is 3.98. The van der Waals surface area contributed by atoms with Gasteiger partial charge in [0, 0.05) is 49.9 Å². The first kappa shape index (κ1) is 25.4. The van der Waals surface area contributed by atoms with Gasteiger partial charge < -0.3 is 9.80 Å². The molecule has 0 unspecified atom stereocenters. The lowest BCUT2D eigenvalue weighted by molar-refractivity contribution is 0.0746. The van der Waals surface area contributed by atoms with E-state index in [0.29, 0.717) is 36.8 Å². The van der Waals surface area contributed by atoms with E-state index < -0.39 is 10.0 Å². The van der Waals surface area contributed by atoms with E-state index in [1.807, 2.05) is 19.1 Å². The topological polar surface area (TPSA) is 73.8 Å². The molecule has 2 aromatic carbocycles. The van der Waals surface area contributed by atoms with Crippen LogP contribution in [0, 0.1) is 6.92 Å². The molecule has 1 amide bonds. The molecular weight excluding hydrogens is 504 g/mol. The molecule has 0 radical (unpaired) electrons. The van der Waals surface area contributed by atoms with Crippen LogP contribution in [0.25, 0.3) is 10.2 Å². The van der Waals surface area contributed by atoms with Crippen molar-refractivity contribution in [1.82, 2.24) is 14.2 Å². The lowest BCUT2D eigenvalue weighted by atomic mass is 10.2. The second kappa shape index (κ2) is 10.5. The van der Waals surface area contributed by atoms with Crippen LogP contribution in [0.3, 0.4) is 0 Å². The molecule has 0 N–H and O–H groups in total. The van der Waals surface area contributed by atoms with Crippen LogP contribution < -0.4 is 4.90 Å². The van der Waals surface area contributed by atoms with Crippen molar-refractivity contribution in [1.29, 1.82) is 0 Å². The molecule has 0 bridgehead atoms. The number of amides is 1. The molecule has 0 atom stereocenters. The summed E-state index contributed by atoms with van der Waals surface area (Å²) in [7, 11) is -3.70. The van der Waals surface area contributed by atoms with Crippen molar-refractivity contribution >= 4 is 54.2 Å². The number of sulfonamides is 1. The summed E-state index contributed by atoms with van der Waals surface area (Å²) in [6, 6.07) is 9.98. The molecule has 7 nitrogen and oxygen atoms in total. The Morgan fingerprint density at radius 1 is 1.09 bits per heavy atom. The quantitative estimate of drug-likeness (QED) is 0.398. The number of aryl methyl sites for hydroxylation is 1. The van der Waals surface area contributed by atoms with E-state index >= 15 is 0 Å². The normalized spacial score (nSPS) is 14.5. The van der Waals surface area contributed by atoms with E-state index in [0.717, 1.165) is 20.9 Å². The maximum atomic E-state index is 13.1. The highest BCUT2D eigenvalue weighted by molar-refractivity contribution is 7.89. The van der Waals surface area contributed by atoms with Crippen molar-refractivity contribution in [3.05, 3.63) is 77.9 Å². The monoisotopic (exact) mass is 530 g/mol. The highest BCUT2D eigenvalue weighted by Gasteiger charge is 2.26. The van der Waals surface area contributed by atoms with Crippen LogP contribution in [0.2, 0.25) is 5.02 Å². The molecule has 2 heterocycles. The van der Waals surface area contributed by atoms with E-state index in [-0.39, 0.29) is 23.9 Å². The Morgan fingerprint density at radius 2 is 1.71 bits per heavy atom. The third-order valence-electron chi connectivity index (χ3n) is 5.98. The van der Waals surface area contributed by atoms with Gasteiger partial charge in [0.25, 0.3) is 5.91 Å². The van der Waals surface area contributed by atoms with E-state index in [2.05, 4.69) is 18.1 Å². The summed E-state index contributed by atoms with van der Waals surface area (Å²) in [5, 5.41) is 1.63. The highest BCUT2D eigenvalue weighted by Crippen LogP contribution is 2.34. The smallest absolute Gasteiger partial charge is 0.253 e. The summed E-state index contributed by atoms with van der Waals surface area (Å²) in [6.07, 6.45) is 3.06. The van der Waals surface area contributed by atoms with E-state index in [4.69, 9.17) is 16.6 Å². The van der Waals surface area contributed by atoms with Gasteiger partial charge in [-0.25, -0.2) is 13.4 Å². The van der Waals surface area contributed by atoms with Crippen LogP contribution in [-0.2, 0) is 10.0 Å². The molecule has 0 saturated carbocycles.